The molecule has 3 heterocycles. The van der Waals surface area contributed by atoms with Crippen LogP contribution >= 0.6 is 0 Å². The van der Waals surface area contributed by atoms with Crippen LogP contribution in [0.1, 0.15) is 24.6 Å². The number of halogens is 4. The average Bonchev–Trinajstić information content (AvgIpc) is 3.18. The van der Waals surface area contributed by atoms with E-state index in [0.717, 1.165) is 0 Å². The molecule has 1 atom stereocenters. The first kappa shape index (κ1) is 19.8. The zero-order valence-corrected chi connectivity index (χ0v) is 15.1. The summed E-state index contributed by atoms with van der Waals surface area (Å²) in [7, 11) is 0. The largest absolute Gasteiger partial charge is 0.464 e. The Bertz CT molecular complexity index is 885. The van der Waals surface area contributed by atoms with Gasteiger partial charge in [0.25, 0.3) is 0 Å². The topological polar surface area (TPSA) is 94.0 Å². The molecule has 3 rings (SSSR count). The number of aryl methyl sites for hydroxylation is 1. The highest BCUT2D eigenvalue weighted by Gasteiger charge is 2.48. The highest BCUT2D eigenvalue weighted by molar-refractivity contribution is 5.81. The van der Waals surface area contributed by atoms with Gasteiger partial charge in [0.15, 0.2) is 5.54 Å². The number of carbonyl (C=O) groups excluding carboxylic acids is 1. The fourth-order valence-electron chi connectivity index (χ4n) is 2.81. The normalized spacial score (nSPS) is 19.6. The number of cyclic esters (lactones) is 1. The van der Waals surface area contributed by atoms with Gasteiger partial charge in [-0.05, 0) is 13.8 Å². The van der Waals surface area contributed by atoms with Gasteiger partial charge in [-0.15, -0.1) is 0 Å². The van der Waals surface area contributed by atoms with Crippen molar-refractivity contribution in [2.45, 2.75) is 32.0 Å². The second kappa shape index (κ2) is 7.24. The van der Waals surface area contributed by atoms with Crippen molar-refractivity contribution in [1.82, 2.24) is 19.7 Å². The van der Waals surface area contributed by atoms with Gasteiger partial charge in [0.1, 0.15) is 18.1 Å². The number of carbonyl (C=O) groups is 1. The number of alkyl halides is 4. The first-order valence-corrected chi connectivity index (χ1v) is 8.46. The maximum Gasteiger partial charge on any atom is 0.421 e. The van der Waals surface area contributed by atoms with Crippen molar-refractivity contribution in [3.8, 4) is 0 Å². The molecular weight excluding hydrogens is 384 g/mol. The monoisotopic (exact) mass is 402 g/mol. The average molecular weight is 402 g/mol. The molecule has 1 saturated heterocycles. The number of ether oxygens (including phenoxy) is 1. The van der Waals surface area contributed by atoms with Gasteiger partial charge >= 0.3 is 12.1 Å². The minimum atomic E-state index is -4.60. The van der Waals surface area contributed by atoms with Crippen LogP contribution in [-0.4, -0.2) is 45.5 Å². The lowest BCUT2D eigenvalue weighted by Crippen LogP contribution is -2.41. The zero-order chi connectivity index (χ0) is 20.5. The van der Waals surface area contributed by atoms with Gasteiger partial charge in [-0.3, -0.25) is 4.68 Å². The standard InChI is InChI=1S/C16H18F4N6O2/c1-3-21-12-10(16(18,19)20)6-22-14(24-12)23-11-7-26(25-9(11)2)15(8-17)4-5-28-13(15)27/h6-7H,3-5,8H2,1-2H3,(H2,21,22,23,24)/t15-/m1/s1. The van der Waals surface area contributed by atoms with E-state index in [9.17, 15) is 22.4 Å². The molecule has 0 spiro atoms. The molecule has 0 bridgehead atoms. The fourth-order valence-corrected chi connectivity index (χ4v) is 2.81. The Morgan fingerprint density at radius 2 is 2.14 bits per heavy atom. The van der Waals surface area contributed by atoms with Gasteiger partial charge in [-0.25, -0.2) is 14.2 Å². The molecule has 152 valence electrons. The molecule has 1 aliphatic rings. The van der Waals surface area contributed by atoms with E-state index in [1.54, 1.807) is 13.8 Å². The number of rotatable bonds is 6. The highest BCUT2D eigenvalue weighted by atomic mass is 19.4. The Labute approximate surface area is 157 Å². The molecule has 0 aliphatic carbocycles. The maximum absolute atomic E-state index is 13.6. The molecule has 0 aromatic carbocycles. The summed E-state index contributed by atoms with van der Waals surface area (Å²) in [6, 6.07) is 0. The Morgan fingerprint density at radius 3 is 2.71 bits per heavy atom. The molecule has 0 unspecified atom stereocenters. The lowest BCUT2D eigenvalue weighted by Gasteiger charge is -2.21. The van der Waals surface area contributed by atoms with Crippen LogP contribution in [0.2, 0.25) is 0 Å². The van der Waals surface area contributed by atoms with Crippen LogP contribution < -0.4 is 10.6 Å². The SMILES string of the molecule is CCNc1nc(Nc2cn([C@@]3(CF)CCOC3=O)nc2C)ncc1C(F)(F)F. The summed E-state index contributed by atoms with van der Waals surface area (Å²) in [6.07, 6.45) is -2.42. The smallest absolute Gasteiger partial charge is 0.421 e. The molecule has 2 N–H and O–H groups in total. The minimum absolute atomic E-state index is 0.0818. The van der Waals surface area contributed by atoms with Gasteiger partial charge in [0, 0.05) is 19.2 Å². The van der Waals surface area contributed by atoms with E-state index < -0.39 is 29.9 Å². The van der Waals surface area contributed by atoms with Crippen LogP contribution in [0, 0.1) is 6.92 Å². The van der Waals surface area contributed by atoms with Gasteiger partial charge in [0.05, 0.1) is 24.2 Å². The maximum atomic E-state index is 13.6. The van der Waals surface area contributed by atoms with E-state index in [4.69, 9.17) is 4.74 Å². The highest BCUT2D eigenvalue weighted by Crippen LogP contribution is 2.35. The third kappa shape index (κ3) is 3.45. The first-order chi connectivity index (χ1) is 13.2. The van der Waals surface area contributed by atoms with Crippen molar-refractivity contribution >= 4 is 23.4 Å². The molecule has 1 fully saturated rings. The summed E-state index contributed by atoms with van der Waals surface area (Å²) >= 11 is 0. The second-order valence-electron chi connectivity index (χ2n) is 6.23. The molecule has 2 aromatic heterocycles. The van der Waals surface area contributed by atoms with E-state index in [-0.39, 0.29) is 31.3 Å². The van der Waals surface area contributed by atoms with Crippen molar-refractivity contribution in [2.24, 2.45) is 0 Å². The third-order valence-electron chi connectivity index (χ3n) is 4.37. The summed E-state index contributed by atoms with van der Waals surface area (Å²) in [5.74, 6) is -1.18. The van der Waals surface area contributed by atoms with Crippen molar-refractivity contribution in [3.63, 3.8) is 0 Å². The Hall–Kier alpha value is -2.92. The molecule has 12 heteroatoms. The summed E-state index contributed by atoms with van der Waals surface area (Å²) < 4.78 is 58.8. The number of hydrogen-bond donors (Lipinski definition) is 2. The zero-order valence-electron chi connectivity index (χ0n) is 15.1. The second-order valence-corrected chi connectivity index (χ2v) is 6.23. The van der Waals surface area contributed by atoms with Crippen LogP contribution in [0.3, 0.4) is 0 Å². The summed E-state index contributed by atoms with van der Waals surface area (Å²) in [5.41, 5.74) is -1.81. The van der Waals surface area contributed by atoms with Crippen LogP contribution in [-0.2, 0) is 21.2 Å². The predicted molar refractivity (Wildman–Crippen MR) is 91.0 cm³/mol. The van der Waals surface area contributed by atoms with Crippen molar-refractivity contribution in [2.75, 3.05) is 30.5 Å². The number of anilines is 3. The van der Waals surface area contributed by atoms with Gasteiger partial charge in [-0.1, -0.05) is 0 Å². The van der Waals surface area contributed by atoms with E-state index in [1.807, 2.05) is 0 Å². The quantitative estimate of drug-likeness (QED) is 0.567. The van der Waals surface area contributed by atoms with E-state index in [2.05, 4.69) is 25.7 Å². The Balaban J connectivity index is 1.91. The fraction of sp³-hybridized carbons (Fsp3) is 0.500. The van der Waals surface area contributed by atoms with E-state index >= 15 is 0 Å². The lowest BCUT2D eigenvalue weighted by molar-refractivity contribution is -0.146. The molecule has 8 nitrogen and oxygen atoms in total. The molecular formula is C16H18F4N6O2. The third-order valence-corrected chi connectivity index (χ3v) is 4.37. The summed E-state index contributed by atoms with van der Waals surface area (Å²) in [5, 5.41) is 9.47. The first-order valence-electron chi connectivity index (χ1n) is 8.46. The van der Waals surface area contributed by atoms with Crippen molar-refractivity contribution in [3.05, 3.63) is 23.7 Å². The van der Waals surface area contributed by atoms with E-state index in [0.29, 0.717) is 17.6 Å². The van der Waals surface area contributed by atoms with Crippen molar-refractivity contribution in [1.29, 1.82) is 0 Å². The van der Waals surface area contributed by atoms with Gasteiger partial charge in [0.2, 0.25) is 5.95 Å². The lowest BCUT2D eigenvalue weighted by atomic mass is 10.0. The minimum Gasteiger partial charge on any atom is -0.464 e. The number of nitrogens with one attached hydrogen (secondary N) is 2. The summed E-state index contributed by atoms with van der Waals surface area (Å²) in [4.78, 5) is 19.5. The number of nitrogens with zero attached hydrogens (tertiary/aromatic N) is 4. The summed E-state index contributed by atoms with van der Waals surface area (Å²) in [6.45, 7) is 2.56. The molecule has 0 amide bonds. The van der Waals surface area contributed by atoms with Crippen LogP contribution in [0.15, 0.2) is 12.4 Å². The van der Waals surface area contributed by atoms with Crippen LogP contribution in [0.25, 0.3) is 0 Å². The number of hydrogen-bond acceptors (Lipinski definition) is 7. The van der Waals surface area contributed by atoms with Crippen molar-refractivity contribution < 1.29 is 27.1 Å². The predicted octanol–water partition coefficient (Wildman–Crippen LogP) is 2.79. The molecule has 1 aliphatic heterocycles. The van der Waals surface area contributed by atoms with Crippen LogP contribution in [0.5, 0.6) is 0 Å². The van der Waals surface area contributed by atoms with Gasteiger partial charge < -0.3 is 15.4 Å². The number of esters is 1. The molecule has 0 radical (unpaired) electrons. The molecule has 28 heavy (non-hydrogen) atoms. The number of aromatic nitrogens is 4. The Morgan fingerprint density at radius 1 is 1.39 bits per heavy atom. The molecule has 0 saturated carbocycles. The Kier molecular flexibility index (Phi) is 5.13. The molecule has 2 aromatic rings. The van der Waals surface area contributed by atoms with Gasteiger partial charge in [-0.2, -0.15) is 23.3 Å². The van der Waals surface area contributed by atoms with Crippen LogP contribution in [0.4, 0.5) is 35.0 Å². The van der Waals surface area contributed by atoms with E-state index in [1.165, 1.54) is 10.9 Å².